The van der Waals surface area contributed by atoms with Crippen molar-refractivity contribution in [1.82, 2.24) is 14.6 Å². The second kappa shape index (κ2) is 4.48. The summed E-state index contributed by atoms with van der Waals surface area (Å²) < 4.78 is 25.1. The number of aromatic nitrogens is 3. The molecule has 0 amide bonds. The average molecular weight is 280 g/mol. The number of rotatable bonds is 2. The topological polar surface area (TPSA) is 90.3 Å². The maximum Gasteiger partial charge on any atom is 0.162 e. The number of hydrogen-bond acceptors (Lipinski definition) is 5. The van der Waals surface area contributed by atoms with Crippen molar-refractivity contribution in [3.05, 3.63) is 24.2 Å². The van der Waals surface area contributed by atoms with Crippen LogP contribution < -0.4 is 5.73 Å². The molecule has 0 bridgehead atoms. The van der Waals surface area contributed by atoms with Crippen molar-refractivity contribution >= 4 is 21.2 Å². The van der Waals surface area contributed by atoms with E-state index in [2.05, 4.69) is 10.2 Å². The second-order valence-corrected chi connectivity index (χ2v) is 7.36. The highest BCUT2D eigenvalue weighted by Gasteiger charge is 2.26. The van der Waals surface area contributed by atoms with Gasteiger partial charge in [0.25, 0.3) is 0 Å². The number of sulfone groups is 1. The molecule has 2 aromatic rings. The Hall–Kier alpha value is -1.63. The van der Waals surface area contributed by atoms with Gasteiger partial charge in [-0.1, -0.05) is 0 Å². The van der Waals surface area contributed by atoms with Gasteiger partial charge in [-0.2, -0.15) is 0 Å². The molecular weight excluding hydrogens is 264 g/mol. The maximum atomic E-state index is 11.6. The molecule has 7 heteroatoms. The summed E-state index contributed by atoms with van der Waals surface area (Å²) in [4.78, 5) is 0. The molecule has 1 saturated heterocycles. The van der Waals surface area contributed by atoms with Gasteiger partial charge in [-0.25, -0.2) is 8.42 Å². The van der Waals surface area contributed by atoms with Gasteiger partial charge in [0.1, 0.15) is 5.82 Å². The zero-order chi connectivity index (χ0) is 13.5. The standard InChI is InChI=1S/C12H16N4O2S/c13-10-3-4-16-11(14-15-12(16)7-10)6-9-2-1-5-19(17,18)8-9/h3-4,7,9H,1-2,5-6,8,13H2. The molecule has 3 heterocycles. The highest BCUT2D eigenvalue weighted by molar-refractivity contribution is 7.91. The lowest BCUT2D eigenvalue weighted by molar-refractivity contribution is 0.474. The lowest BCUT2D eigenvalue weighted by Crippen LogP contribution is -2.27. The predicted molar refractivity (Wildman–Crippen MR) is 72.5 cm³/mol. The van der Waals surface area contributed by atoms with Crippen molar-refractivity contribution in [2.75, 3.05) is 17.2 Å². The first kappa shape index (κ1) is 12.4. The van der Waals surface area contributed by atoms with E-state index in [0.717, 1.165) is 18.7 Å². The summed E-state index contributed by atoms with van der Waals surface area (Å²) >= 11 is 0. The molecule has 6 nitrogen and oxygen atoms in total. The van der Waals surface area contributed by atoms with Gasteiger partial charge < -0.3 is 5.73 Å². The minimum absolute atomic E-state index is 0.142. The third-order valence-corrected chi connectivity index (χ3v) is 5.42. The van der Waals surface area contributed by atoms with E-state index < -0.39 is 9.84 Å². The molecule has 102 valence electrons. The molecule has 19 heavy (non-hydrogen) atoms. The van der Waals surface area contributed by atoms with E-state index in [9.17, 15) is 8.42 Å². The van der Waals surface area contributed by atoms with Gasteiger partial charge >= 0.3 is 0 Å². The zero-order valence-corrected chi connectivity index (χ0v) is 11.3. The van der Waals surface area contributed by atoms with Crippen molar-refractivity contribution in [2.45, 2.75) is 19.3 Å². The minimum atomic E-state index is -2.87. The monoisotopic (exact) mass is 280 g/mol. The van der Waals surface area contributed by atoms with Gasteiger partial charge in [0.05, 0.1) is 11.5 Å². The van der Waals surface area contributed by atoms with Crippen LogP contribution in [0.1, 0.15) is 18.7 Å². The summed E-state index contributed by atoms with van der Waals surface area (Å²) in [5, 5.41) is 8.21. The fourth-order valence-electron chi connectivity index (χ4n) is 2.63. The number of nitrogens with two attached hydrogens (primary N) is 1. The molecule has 2 aromatic heterocycles. The molecule has 0 aliphatic carbocycles. The molecule has 1 atom stereocenters. The van der Waals surface area contributed by atoms with Crippen LogP contribution in [-0.4, -0.2) is 34.5 Å². The van der Waals surface area contributed by atoms with Gasteiger partial charge in [0.15, 0.2) is 15.5 Å². The summed E-state index contributed by atoms with van der Waals surface area (Å²) in [6, 6.07) is 3.55. The lowest BCUT2D eigenvalue weighted by atomic mass is 10.0. The summed E-state index contributed by atoms with van der Waals surface area (Å²) in [6.45, 7) is 0. The fourth-order valence-corrected chi connectivity index (χ4v) is 4.41. The molecule has 0 saturated carbocycles. The minimum Gasteiger partial charge on any atom is -0.399 e. The average Bonchev–Trinajstić information content (AvgIpc) is 2.70. The van der Waals surface area contributed by atoms with Crippen molar-refractivity contribution in [3.8, 4) is 0 Å². The van der Waals surface area contributed by atoms with Crippen LogP contribution in [0.4, 0.5) is 5.69 Å². The SMILES string of the molecule is Nc1ccn2c(CC3CCCS(=O)(=O)C3)nnc2c1. The number of nitrogens with zero attached hydrogens (tertiary/aromatic N) is 3. The summed E-state index contributed by atoms with van der Waals surface area (Å²) in [7, 11) is -2.87. The smallest absolute Gasteiger partial charge is 0.162 e. The molecule has 1 unspecified atom stereocenters. The van der Waals surface area contributed by atoms with Crippen LogP contribution in [0.3, 0.4) is 0 Å². The Labute approximate surface area is 111 Å². The normalized spacial score (nSPS) is 22.6. The molecular formula is C12H16N4O2S. The van der Waals surface area contributed by atoms with Crippen LogP contribution in [0, 0.1) is 5.92 Å². The van der Waals surface area contributed by atoms with E-state index in [-0.39, 0.29) is 11.7 Å². The number of anilines is 1. The van der Waals surface area contributed by atoms with Crippen LogP contribution in [0.5, 0.6) is 0 Å². The van der Waals surface area contributed by atoms with Gasteiger partial charge in [-0.05, 0) is 24.8 Å². The van der Waals surface area contributed by atoms with Crippen molar-refractivity contribution in [2.24, 2.45) is 5.92 Å². The Morgan fingerprint density at radius 1 is 1.42 bits per heavy atom. The van der Waals surface area contributed by atoms with Crippen molar-refractivity contribution in [1.29, 1.82) is 0 Å². The summed E-state index contributed by atoms with van der Waals surface area (Å²) in [5.74, 6) is 1.53. The maximum absolute atomic E-state index is 11.6. The number of fused-ring (bicyclic) bond motifs is 1. The Morgan fingerprint density at radius 3 is 3.05 bits per heavy atom. The summed E-state index contributed by atoms with van der Waals surface area (Å²) in [5.41, 5.74) is 7.04. The molecule has 1 aliphatic rings. The summed E-state index contributed by atoms with van der Waals surface area (Å²) in [6.07, 6.45) is 4.15. The molecule has 1 aliphatic heterocycles. The van der Waals surface area contributed by atoms with Gasteiger partial charge in [-0.15, -0.1) is 10.2 Å². The molecule has 0 aromatic carbocycles. The van der Waals surface area contributed by atoms with E-state index in [1.165, 1.54) is 0 Å². The Morgan fingerprint density at radius 2 is 2.26 bits per heavy atom. The number of pyridine rings is 1. The van der Waals surface area contributed by atoms with Crippen LogP contribution in [0.15, 0.2) is 18.3 Å². The molecule has 2 N–H and O–H groups in total. The third kappa shape index (κ3) is 2.56. The number of hydrogen-bond donors (Lipinski definition) is 1. The van der Waals surface area contributed by atoms with E-state index in [4.69, 9.17) is 5.73 Å². The largest absolute Gasteiger partial charge is 0.399 e. The molecule has 1 fully saturated rings. The van der Waals surface area contributed by atoms with E-state index in [1.807, 2.05) is 10.6 Å². The van der Waals surface area contributed by atoms with E-state index >= 15 is 0 Å². The zero-order valence-electron chi connectivity index (χ0n) is 10.5. The van der Waals surface area contributed by atoms with E-state index in [0.29, 0.717) is 23.5 Å². The quantitative estimate of drug-likeness (QED) is 0.873. The Balaban J connectivity index is 1.85. The first-order valence-corrected chi connectivity index (χ1v) is 8.15. The second-order valence-electron chi connectivity index (χ2n) is 5.13. The highest BCUT2D eigenvalue weighted by Crippen LogP contribution is 2.22. The number of nitrogen functional groups attached to an aromatic ring is 1. The molecule has 0 spiro atoms. The van der Waals surface area contributed by atoms with Crippen LogP contribution in [0.2, 0.25) is 0 Å². The third-order valence-electron chi connectivity index (χ3n) is 3.53. The van der Waals surface area contributed by atoms with E-state index in [1.54, 1.807) is 12.1 Å². The highest BCUT2D eigenvalue weighted by atomic mass is 32.2. The molecule has 0 radical (unpaired) electrons. The first-order valence-electron chi connectivity index (χ1n) is 6.33. The molecule has 3 rings (SSSR count). The van der Waals surface area contributed by atoms with Crippen molar-refractivity contribution < 1.29 is 8.42 Å². The van der Waals surface area contributed by atoms with Crippen molar-refractivity contribution in [3.63, 3.8) is 0 Å². The van der Waals surface area contributed by atoms with Gasteiger partial charge in [-0.3, -0.25) is 4.40 Å². The van der Waals surface area contributed by atoms with Crippen LogP contribution in [-0.2, 0) is 16.3 Å². The van der Waals surface area contributed by atoms with Gasteiger partial charge in [0.2, 0.25) is 0 Å². The van der Waals surface area contributed by atoms with Gasteiger partial charge in [0, 0.05) is 24.4 Å². The fraction of sp³-hybridized carbons (Fsp3) is 0.500. The predicted octanol–water partition coefficient (Wildman–Crippen LogP) is 0.679. The Bertz CT molecular complexity index is 708. The first-order chi connectivity index (χ1) is 9.03. The lowest BCUT2D eigenvalue weighted by Gasteiger charge is -2.20. The van der Waals surface area contributed by atoms with Crippen LogP contribution >= 0.6 is 0 Å². The van der Waals surface area contributed by atoms with Crippen LogP contribution in [0.25, 0.3) is 5.65 Å². The Kier molecular flexibility index (Phi) is 2.93.